The van der Waals surface area contributed by atoms with Gasteiger partial charge in [0, 0.05) is 64.9 Å². The van der Waals surface area contributed by atoms with Crippen molar-refractivity contribution in [3.05, 3.63) is 18.0 Å². The summed E-state index contributed by atoms with van der Waals surface area (Å²) in [6.07, 6.45) is 6.33. The summed E-state index contributed by atoms with van der Waals surface area (Å²) in [7, 11) is 0. The summed E-state index contributed by atoms with van der Waals surface area (Å²) >= 11 is 0. The normalized spacial score (nSPS) is 22.9. The van der Waals surface area contributed by atoms with Crippen molar-refractivity contribution in [2.45, 2.75) is 39.2 Å². The van der Waals surface area contributed by atoms with E-state index in [2.05, 4.69) is 5.10 Å². The van der Waals surface area contributed by atoms with Gasteiger partial charge < -0.3 is 19.4 Å². The Balaban J connectivity index is 1.19. The first-order valence-corrected chi connectivity index (χ1v) is 11.4. The summed E-state index contributed by atoms with van der Waals surface area (Å²) in [5.74, 6) is 0.504. The highest BCUT2D eigenvalue weighted by Gasteiger charge is 2.38. The number of morpholine rings is 1. The van der Waals surface area contributed by atoms with E-state index in [-0.39, 0.29) is 23.6 Å². The molecule has 1 aromatic rings. The second-order valence-electron chi connectivity index (χ2n) is 8.99. The van der Waals surface area contributed by atoms with Crippen LogP contribution in [0.15, 0.2) is 12.4 Å². The topological polar surface area (TPSA) is 88.0 Å². The molecule has 0 saturated carbocycles. The Labute approximate surface area is 183 Å². The van der Waals surface area contributed by atoms with E-state index in [0.29, 0.717) is 64.7 Å². The molecule has 0 aliphatic carbocycles. The fourth-order valence-corrected chi connectivity index (χ4v) is 4.79. The van der Waals surface area contributed by atoms with Crippen molar-refractivity contribution in [1.82, 2.24) is 24.5 Å². The molecule has 0 N–H and O–H groups in total. The summed E-state index contributed by atoms with van der Waals surface area (Å²) in [6, 6.07) is 0. The summed E-state index contributed by atoms with van der Waals surface area (Å²) in [6.45, 7) is 7.68. The van der Waals surface area contributed by atoms with Gasteiger partial charge in [-0.25, -0.2) is 0 Å². The number of likely N-dealkylation sites (tertiary alicyclic amines) is 2. The number of carbonyl (C=O) groups excluding carboxylic acids is 3. The van der Waals surface area contributed by atoms with Crippen molar-refractivity contribution in [2.24, 2.45) is 11.8 Å². The molecule has 3 aliphatic rings. The molecule has 0 radical (unpaired) electrons. The molecule has 3 fully saturated rings. The Kier molecular flexibility index (Phi) is 6.89. The van der Waals surface area contributed by atoms with Gasteiger partial charge in [-0.3, -0.25) is 19.1 Å². The third kappa shape index (κ3) is 5.44. The first-order chi connectivity index (χ1) is 15.0. The van der Waals surface area contributed by atoms with Crippen LogP contribution in [0.25, 0.3) is 0 Å². The zero-order valence-corrected chi connectivity index (χ0v) is 18.4. The van der Waals surface area contributed by atoms with Gasteiger partial charge in [-0.05, 0) is 31.2 Å². The minimum absolute atomic E-state index is 0.0830. The van der Waals surface area contributed by atoms with Gasteiger partial charge in [0.15, 0.2) is 0 Å². The van der Waals surface area contributed by atoms with Crippen LogP contribution >= 0.6 is 0 Å². The van der Waals surface area contributed by atoms with Gasteiger partial charge in [-0.2, -0.15) is 5.10 Å². The number of hydrogen-bond acceptors (Lipinski definition) is 5. The Morgan fingerprint density at radius 3 is 2.55 bits per heavy atom. The van der Waals surface area contributed by atoms with E-state index in [1.54, 1.807) is 6.20 Å². The Morgan fingerprint density at radius 2 is 1.87 bits per heavy atom. The molecular formula is C22H33N5O4. The van der Waals surface area contributed by atoms with Crippen LogP contribution in [0.1, 0.15) is 31.2 Å². The van der Waals surface area contributed by atoms with Crippen LogP contribution in [-0.4, -0.2) is 94.7 Å². The minimum atomic E-state index is -0.224. The summed E-state index contributed by atoms with van der Waals surface area (Å²) in [5.41, 5.74) is 1.10. The van der Waals surface area contributed by atoms with Crippen LogP contribution in [0, 0.1) is 18.8 Å². The summed E-state index contributed by atoms with van der Waals surface area (Å²) < 4.78 is 7.13. The smallest absolute Gasteiger partial charge is 0.228 e. The number of nitrogens with zero attached hydrogens (tertiary/aromatic N) is 5. The Bertz CT molecular complexity index is 796. The van der Waals surface area contributed by atoms with E-state index in [1.807, 2.05) is 32.5 Å². The number of aromatic nitrogens is 2. The average molecular weight is 432 g/mol. The van der Waals surface area contributed by atoms with E-state index >= 15 is 0 Å². The lowest BCUT2D eigenvalue weighted by atomic mass is 9.96. The van der Waals surface area contributed by atoms with Crippen molar-refractivity contribution in [3.63, 3.8) is 0 Å². The number of ether oxygens (including phenoxy) is 1. The number of carbonyl (C=O) groups is 3. The minimum Gasteiger partial charge on any atom is -0.378 e. The maximum absolute atomic E-state index is 12.7. The molecule has 3 saturated heterocycles. The summed E-state index contributed by atoms with van der Waals surface area (Å²) in [5, 5.41) is 4.23. The fourth-order valence-electron chi connectivity index (χ4n) is 4.79. The van der Waals surface area contributed by atoms with Crippen LogP contribution in [0.3, 0.4) is 0 Å². The average Bonchev–Trinajstić information content (AvgIpc) is 3.38. The second-order valence-corrected chi connectivity index (χ2v) is 8.99. The van der Waals surface area contributed by atoms with Gasteiger partial charge in [0.25, 0.3) is 0 Å². The van der Waals surface area contributed by atoms with Crippen LogP contribution in [0.5, 0.6) is 0 Å². The van der Waals surface area contributed by atoms with Gasteiger partial charge in [0.05, 0.1) is 25.3 Å². The first kappa shape index (κ1) is 21.8. The van der Waals surface area contributed by atoms with Gasteiger partial charge >= 0.3 is 0 Å². The molecule has 1 atom stereocenters. The third-order valence-electron chi connectivity index (χ3n) is 6.65. The maximum Gasteiger partial charge on any atom is 0.228 e. The molecule has 9 heteroatoms. The van der Waals surface area contributed by atoms with Crippen molar-refractivity contribution >= 4 is 17.7 Å². The van der Waals surface area contributed by atoms with E-state index in [9.17, 15) is 14.4 Å². The standard InChI is InChI=1S/C22H33N5O4/c1-17-13-23-27(14-17)7-4-20(28)24-5-2-18(3-6-24)15-26-16-19(12-21(26)29)22(30)25-8-10-31-11-9-25/h13-14,18-19H,2-12,15-16H2,1H3. The highest BCUT2D eigenvalue weighted by Crippen LogP contribution is 2.25. The van der Waals surface area contributed by atoms with Crippen molar-refractivity contribution < 1.29 is 19.1 Å². The molecule has 0 aromatic carbocycles. The van der Waals surface area contributed by atoms with Crippen LogP contribution in [0.2, 0.25) is 0 Å². The zero-order chi connectivity index (χ0) is 21.8. The van der Waals surface area contributed by atoms with Crippen LogP contribution in [-0.2, 0) is 25.7 Å². The van der Waals surface area contributed by atoms with Crippen molar-refractivity contribution in [1.29, 1.82) is 0 Å². The van der Waals surface area contributed by atoms with E-state index in [0.717, 1.165) is 31.5 Å². The van der Waals surface area contributed by atoms with Gasteiger partial charge in [0.1, 0.15) is 0 Å². The quantitative estimate of drug-likeness (QED) is 0.656. The van der Waals surface area contributed by atoms with Crippen LogP contribution in [0.4, 0.5) is 0 Å². The van der Waals surface area contributed by atoms with Gasteiger partial charge in [-0.15, -0.1) is 0 Å². The molecule has 4 heterocycles. The second kappa shape index (κ2) is 9.80. The predicted molar refractivity (Wildman–Crippen MR) is 113 cm³/mol. The number of aryl methyl sites for hydroxylation is 2. The monoisotopic (exact) mass is 431 g/mol. The molecule has 170 valence electrons. The largest absolute Gasteiger partial charge is 0.378 e. The number of rotatable bonds is 6. The molecule has 1 aromatic heterocycles. The van der Waals surface area contributed by atoms with Crippen LogP contribution < -0.4 is 0 Å². The van der Waals surface area contributed by atoms with Crippen molar-refractivity contribution in [2.75, 3.05) is 52.5 Å². The first-order valence-electron chi connectivity index (χ1n) is 11.4. The molecule has 3 amide bonds. The van der Waals surface area contributed by atoms with Crippen molar-refractivity contribution in [3.8, 4) is 0 Å². The molecule has 31 heavy (non-hydrogen) atoms. The molecular weight excluding hydrogens is 398 g/mol. The van der Waals surface area contributed by atoms with E-state index < -0.39 is 0 Å². The lowest BCUT2D eigenvalue weighted by Gasteiger charge is -2.34. The predicted octanol–water partition coefficient (Wildman–Crippen LogP) is 0.528. The molecule has 3 aliphatic heterocycles. The zero-order valence-electron chi connectivity index (χ0n) is 18.4. The third-order valence-corrected chi connectivity index (χ3v) is 6.65. The number of amides is 3. The summed E-state index contributed by atoms with van der Waals surface area (Å²) in [4.78, 5) is 43.4. The lowest BCUT2D eigenvalue weighted by molar-refractivity contribution is -0.139. The molecule has 4 rings (SSSR count). The van der Waals surface area contributed by atoms with Gasteiger partial charge in [0.2, 0.25) is 17.7 Å². The fraction of sp³-hybridized carbons (Fsp3) is 0.727. The van der Waals surface area contributed by atoms with E-state index in [4.69, 9.17) is 4.74 Å². The lowest BCUT2D eigenvalue weighted by Crippen LogP contribution is -2.45. The number of hydrogen-bond donors (Lipinski definition) is 0. The molecule has 0 spiro atoms. The Morgan fingerprint density at radius 1 is 1.13 bits per heavy atom. The van der Waals surface area contributed by atoms with Gasteiger partial charge in [-0.1, -0.05) is 0 Å². The highest BCUT2D eigenvalue weighted by atomic mass is 16.5. The molecule has 9 nitrogen and oxygen atoms in total. The molecule has 1 unspecified atom stereocenters. The highest BCUT2D eigenvalue weighted by molar-refractivity contribution is 5.89. The maximum atomic E-state index is 12.7. The SMILES string of the molecule is Cc1cnn(CCC(=O)N2CCC(CN3CC(C(=O)N4CCOCC4)CC3=O)CC2)c1. The molecule has 0 bridgehead atoms. The van der Waals surface area contributed by atoms with E-state index in [1.165, 1.54) is 0 Å². The Hall–Kier alpha value is -2.42. The number of piperidine rings is 1.